The van der Waals surface area contributed by atoms with E-state index in [1.54, 1.807) is 11.8 Å². The van der Waals surface area contributed by atoms with E-state index in [0.29, 0.717) is 26.1 Å². The third-order valence-corrected chi connectivity index (χ3v) is 5.34. The highest BCUT2D eigenvalue weighted by Crippen LogP contribution is 2.23. The third-order valence-electron chi connectivity index (χ3n) is 4.61. The Hall–Kier alpha value is -2.48. The predicted octanol–water partition coefficient (Wildman–Crippen LogP) is 2.85. The molecular weight excluding hydrogens is 362 g/mol. The van der Waals surface area contributed by atoms with Gasteiger partial charge in [0.15, 0.2) is 0 Å². The average Bonchev–Trinajstić information content (AvgIpc) is 3.03. The van der Waals surface area contributed by atoms with Gasteiger partial charge in [0.1, 0.15) is 5.82 Å². The molecule has 2 N–H and O–H groups in total. The van der Waals surface area contributed by atoms with Crippen molar-refractivity contribution >= 4 is 29.4 Å². The molecule has 2 aromatic rings. The van der Waals surface area contributed by atoms with Gasteiger partial charge in [0.2, 0.25) is 5.91 Å². The van der Waals surface area contributed by atoms with Crippen molar-refractivity contribution < 1.29 is 9.59 Å². The van der Waals surface area contributed by atoms with E-state index in [0.717, 1.165) is 34.3 Å². The van der Waals surface area contributed by atoms with Crippen molar-refractivity contribution in [1.29, 1.82) is 0 Å². The van der Waals surface area contributed by atoms with Gasteiger partial charge in [0, 0.05) is 37.0 Å². The molecule has 0 bridgehead atoms. The quantitative estimate of drug-likeness (QED) is 0.773. The second-order valence-electron chi connectivity index (χ2n) is 6.41. The maximum absolute atomic E-state index is 12.7. The first kappa shape index (κ1) is 19.3. The fourth-order valence-electron chi connectivity index (χ4n) is 3.26. The Morgan fingerprint density at radius 3 is 2.85 bits per heavy atom. The topological polar surface area (TPSA) is 79.3 Å². The molecule has 2 heterocycles. The van der Waals surface area contributed by atoms with Crippen molar-refractivity contribution in [2.45, 2.75) is 44.8 Å². The number of anilines is 1. The van der Waals surface area contributed by atoms with Crippen molar-refractivity contribution in [2.24, 2.45) is 0 Å². The van der Waals surface area contributed by atoms with E-state index < -0.39 is 0 Å². The minimum absolute atomic E-state index is 0.0768. The van der Waals surface area contributed by atoms with Crippen LogP contribution in [0.4, 0.5) is 10.5 Å². The Kier molecular flexibility index (Phi) is 6.05. The molecule has 3 amide bonds. The summed E-state index contributed by atoms with van der Waals surface area (Å²) in [5, 5.41) is 5.79. The van der Waals surface area contributed by atoms with Crippen LogP contribution in [0.15, 0.2) is 29.2 Å². The van der Waals surface area contributed by atoms with Gasteiger partial charge >= 0.3 is 6.03 Å². The molecule has 1 aromatic carbocycles. The van der Waals surface area contributed by atoms with Crippen LogP contribution in [0.2, 0.25) is 0 Å². The number of aromatic nitrogens is 2. The highest BCUT2D eigenvalue weighted by Gasteiger charge is 2.26. The standard InChI is InChI=1S/C19H25N5O2S/c1-4-24-17-12-23(9-8-16(17)22-18(24)11-20-13(2)25)19(26)21-14-6-5-7-15(10-14)27-3/h5-7,10H,4,8-9,11-12H2,1-3H3,(H,20,25)(H,21,26). The normalized spacial score (nSPS) is 13.2. The average molecular weight is 388 g/mol. The molecule has 0 radical (unpaired) electrons. The van der Waals surface area contributed by atoms with Crippen LogP contribution in [0.5, 0.6) is 0 Å². The molecule has 1 aromatic heterocycles. The van der Waals surface area contributed by atoms with Crippen molar-refractivity contribution in [3.8, 4) is 0 Å². The monoisotopic (exact) mass is 387 g/mol. The molecule has 0 fully saturated rings. The minimum atomic E-state index is -0.105. The summed E-state index contributed by atoms with van der Waals surface area (Å²) in [6.07, 6.45) is 2.73. The third kappa shape index (κ3) is 4.44. The number of nitrogens with zero attached hydrogens (tertiary/aromatic N) is 3. The van der Waals surface area contributed by atoms with Gasteiger partial charge in [0.25, 0.3) is 0 Å². The van der Waals surface area contributed by atoms with Crippen LogP contribution in [-0.2, 0) is 30.8 Å². The van der Waals surface area contributed by atoms with Crippen LogP contribution >= 0.6 is 11.8 Å². The number of thioether (sulfide) groups is 1. The zero-order valence-electron chi connectivity index (χ0n) is 15.9. The van der Waals surface area contributed by atoms with E-state index in [9.17, 15) is 9.59 Å². The summed E-state index contributed by atoms with van der Waals surface area (Å²) in [5.41, 5.74) is 2.87. The van der Waals surface area contributed by atoms with E-state index >= 15 is 0 Å². The Balaban J connectivity index is 1.72. The fraction of sp³-hybridized carbons (Fsp3) is 0.421. The van der Waals surface area contributed by atoms with Crippen LogP contribution in [0.3, 0.4) is 0 Å². The van der Waals surface area contributed by atoms with Gasteiger partial charge in [-0.1, -0.05) is 6.07 Å². The number of fused-ring (bicyclic) bond motifs is 1. The second kappa shape index (κ2) is 8.47. The highest BCUT2D eigenvalue weighted by molar-refractivity contribution is 7.98. The number of benzene rings is 1. The Morgan fingerprint density at radius 2 is 2.15 bits per heavy atom. The molecular formula is C19H25N5O2S. The number of rotatable bonds is 5. The Bertz CT molecular complexity index is 849. The highest BCUT2D eigenvalue weighted by atomic mass is 32.2. The maximum Gasteiger partial charge on any atom is 0.322 e. The number of carbonyl (C=O) groups is 2. The summed E-state index contributed by atoms with van der Waals surface area (Å²) in [7, 11) is 0. The van der Waals surface area contributed by atoms with Gasteiger partial charge in [-0.3, -0.25) is 4.79 Å². The van der Waals surface area contributed by atoms with E-state index in [2.05, 4.69) is 20.2 Å². The molecule has 3 rings (SSSR count). The van der Waals surface area contributed by atoms with Crippen LogP contribution in [-0.4, -0.2) is 39.2 Å². The molecule has 144 valence electrons. The van der Waals surface area contributed by atoms with Crippen LogP contribution in [0, 0.1) is 0 Å². The SMILES string of the molecule is CCn1c(CNC(C)=O)nc2c1CN(C(=O)Nc1cccc(SC)c1)CC2. The minimum Gasteiger partial charge on any atom is -0.349 e. The van der Waals surface area contributed by atoms with Crippen molar-refractivity contribution in [1.82, 2.24) is 19.8 Å². The summed E-state index contributed by atoms with van der Waals surface area (Å²) in [6, 6.07) is 7.72. The first-order valence-corrected chi connectivity index (χ1v) is 10.3. The number of imidazole rings is 1. The predicted molar refractivity (Wildman–Crippen MR) is 107 cm³/mol. The molecule has 1 aliphatic rings. The zero-order valence-corrected chi connectivity index (χ0v) is 16.7. The Morgan fingerprint density at radius 1 is 1.33 bits per heavy atom. The first-order valence-electron chi connectivity index (χ1n) is 9.03. The van der Waals surface area contributed by atoms with E-state index in [-0.39, 0.29) is 11.9 Å². The Labute approximate surface area is 163 Å². The van der Waals surface area contributed by atoms with Gasteiger partial charge < -0.3 is 20.1 Å². The summed E-state index contributed by atoms with van der Waals surface area (Å²) < 4.78 is 2.10. The molecule has 0 unspecified atom stereocenters. The molecule has 0 aliphatic carbocycles. The van der Waals surface area contributed by atoms with E-state index in [1.165, 1.54) is 6.92 Å². The van der Waals surface area contributed by atoms with Gasteiger partial charge in [0.05, 0.1) is 24.5 Å². The number of hydrogen-bond acceptors (Lipinski definition) is 4. The first-order chi connectivity index (χ1) is 13.0. The lowest BCUT2D eigenvalue weighted by molar-refractivity contribution is -0.119. The summed E-state index contributed by atoms with van der Waals surface area (Å²) in [5.74, 6) is 0.764. The molecule has 0 saturated carbocycles. The lowest BCUT2D eigenvalue weighted by Gasteiger charge is -2.27. The molecule has 0 saturated heterocycles. The number of nitrogens with one attached hydrogen (secondary N) is 2. The smallest absolute Gasteiger partial charge is 0.322 e. The van der Waals surface area contributed by atoms with Crippen molar-refractivity contribution in [3.63, 3.8) is 0 Å². The number of carbonyl (C=O) groups excluding carboxylic acids is 2. The lowest BCUT2D eigenvalue weighted by Crippen LogP contribution is -2.39. The fourth-order valence-corrected chi connectivity index (χ4v) is 3.72. The van der Waals surface area contributed by atoms with Gasteiger partial charge in [-0.2, -0.15) is 0 Å². The molecule has 1 aliphatic heterocycles. The molecule has 0 atom stereocenters. The summed E-state index contributed by atoms with van der Waals surface area (Å²) >= 11 is 1.64. The van der Waals surface area contributed by atoms with E-state index in [4.69, 9.17) is 0 Å². The summed E-state index contributed by atoms with van der Waals surface area (Å²) in [6.45, 7) is 5.85. The largest absolute Gasteiger partial charge is 0.349 e. The van der Waals surface area contributed by atoms with Crippen molar-refractivity contribution in [3.05, 3.63) is 41.5 Å². The van der Waals surface area contributed by atoms with Gasteiger partial charge in [-0.25, -0.2) is 9.78 Å². The molecule has 0 spiro atoms. The van der Waals surface area contributed by atoms with Crippen LogP contribution < -0.4 is 10.6 Å². The molecule has 27 heavy (non-hydrogen) atoms. The van der Waals surface area contributed by atoms with Gasteiger partial charge in [-0.05, 0) is 31.4 Å². The zero-order chi connectivity index (χ0) is 19.4. The number of hydrogen-bond donors (Lipinski definition) is 2. The molecule has 8 heteroatoms. The summed E-state index contributed by atoms with van der Waals surface area (Å²) in [4.78, 5) is 31.5. The maximum atomic E-state index is 12.7. The number of urea groups is 1. The lowest BCUT2D eigenvalue weighted by atomic mass is 10.1. The van der Waals surface area contributed by atoms with Crippen LogP contribution in [0.25, 0.3) is 0 Å². The van der Waals surface area contributed by atoms with Crippen LogP contribution in [0.1, 0.15) is 31.1 Å². The van der Waals surface area contributed by atoms with Gasteiger partial charge in [-0.15, -0.1) is 11.8 Å². The number of amides is 3. The second-order valence-corrected chi connectivity index (χ2v) is 7.29. The van der Waals surface area contributed by atoms with Crippen molar-refractivity contribution in [2.75, 3.05) is 18.1 Å². The van der Waals surface area contributed by atoms with E-state index in [1.807, 2.05) is 42.3 Å². The molecule has 7 nitrogen and oxygen atoms in total.